The number of benzene rings is 1. The van der Waals surface area contributed by atoms with Crippen LogP contribution in [0.4, 0.5) is 5.69 Å². The quantitative estimate of drug-likeness (QED) is 0.814. The van der Waals surface area contributed by atoms with E-state index < -0.39 is 0 Å². The highest BCUT2D eigenvalue weighted by Gasteiger charge is 2.32. The van der Waals surface area contributed by atoms with Crippen molar-refractivity contribution in [2.24, 2.45) is 0 Å². The van der Waals surface area contributed by atoms with Gasteiger partial charge in [0.05, 0.1) is 0 Å². The molecule has 0 radical (unpaired) electrons. The molecule has 1 aromatic rings. The Morgan fingerprint density at radius 1 is 1.16 bits per heavy atom. The Balaban J connectivity index is 1.77. The highest BCUT2D eigenvalue weighted by atomic mass is 79.9. The monoisotopic (exact) mass is 322 g/mol. The molecule has 1 saturated carbocycles. The summed E-state index contributed by atoms with van der Waals surface area (Å²) in [6.45, 7) is 0. The lowest BCUT2D eigenvalue weighted by molar-refractivity contribution is -0.117. The first kappa shape index (κ1) is 13.1. The summed E-state index contributed by atoms with van der Waals surface area (Å²) in [6, 6.07) is 6.26. The second-order valence-corrected chi connectivity index (χ2v) is 6.42. The van der Waals surface area contributed by atoms with Crippen LogP contribution in [0, 0.1) is 0 Å². The van der Waals surface area contributed by atoms with Gasteiger partial charge in [-0.2, -0.15) is 0 Å². The van der Waals surface area contributed by atoms with Crippen molar-refractivity contribution in [3.05, 3.63) is 28.2 Å². The number of halogens is 1. The molecule has 4 heteroatoms. The highest BCUT2D eigenvalue weighted by molar-refractivity contribution is 9.10. The smallest absolute Gasteiger partial charge is 0.246 e. The van der Waals surface area contributed by atoms with Crippen molar-refractivity contribution in [2.45, 2.75) is 50.6 Å². The molecule has 0 saturated heterocycles. The van der Waals surface area contributed by atoms with Crippen LogP contribution in [0.15, 0.2) is 22.7 Å². The zero-order chi connectivity index (χ0) is 13.2. The van der Waals surface area contributed by atoms with E-state index in [0.717, 1.165) is 15.7 Å². The molecule has 1 amide bonds. The van der Waals surface area contributed by atoms with Gasteiger partial charge < -0.3 is 5.32 Å². The van der Waals surface area contributed by atoms with Gasteiger partial charge in [0.15, 0.2) is 0 Å². The number of rotatable bonds is 2. The summed E-state index contributed by atoms with van der Waals surface area (Å²) >= 11 is 3.48. The summed E-state index contributed by atoms with van der Waals surface area (Å²) < 4.78 is 1.02. The van der Waals surface area contributed by atoms with Crippen LogP contribution in [0.3, 0.4) is 0 Å². The summed E-state index contributed by atoms with van der Waals surface area (Å²) in [5, 5.41) is 6.52. The van der Waals surface area contributed by atoms with Crippen molar-refractivity contribution >= 4 is 27.5 Å². The molecule has 2 N–H and O–H groups in total. The van der Waals surface area contributed by atoms with Gasteiger partial charge in [0.1, 0.15) is 6.04 Å². The molecule has 1 atom stereocenters. The zero-order valence-electron chi connectivity index (χ0n) is 10.9. The third kappa shape index (κ3) is 2.84. The third-order valence-electron chi connectivity index (χ3n) is 4.10. The molecule has 1 heterocycles. The molecule has 1 aromatic carbocycles. The van der Waals surface area contributed by atoms with Gasteiger partial charge in [-0.1, -0.05) is 41.6 Å². The first-order valence-electron chi connectivity index (χ1n) is 7.10. The van der Waals surface area contributed by atoms with Gasteiger partial charge in [-0.05, 0) is 31.0 Å². The van der Waals surface area contributed by atoms with E-state index >= 15 is 0 Å². The fraction of sp³-hybridized carbons (Fsp3) is 0.533. The Kier molecular flexibility index (Phi) is 3.89. The Bertz CT molecular complexity index is 481. The standard InChI is InChI=1S/C15H19BrN2O/c16-10-7-8-13-12(9-10)14(15(19)18-13)17-11-5-3-1-2-4-6-11/h7-9,11,14,17H,1-6H2,(H,18,19). The van der Waals surface area contributed by atoms with Crippen LogP contribution < -0.4 is 10.6 Å². The maximum absolute atomic E-state index is 12.1. The van der Waals surface area contributed by atoms with Gasteiger partial charge in [-0.3, -0.25) is 10.1 Å². The summed E-state index contributed by atoms with van der Waals surface area (Å²) in [5.41, 5.74) is 2.02. The number of carbonyl (C=O) groups is 1. The molecule has 1 fully saturated rings. The molecule has 3 nitrogen and oxygen atoms in total. The third-order valence-corrected chi connectivity index (χ3v) is 4.60. The van der Waals surface area contributed by atoms with E-state index in [-0.39, 0.29) is 11.9 Å². The zero-order valence-corrected chi connectivity index (χ0v) is 12.5. The molecule has 1 aliphatic carbocycles. The van der Waals surface area contributed by atoms with Crippen LogP contribution in [-0.4, -0.2) is 11.9 Å². The van der Waals surface area contributed by atoms with Crippen molar-refractivity contribution in [2.75, 3.05) is 5.32 Å². The average Bonchev–Trinajstić information content (AvgIpc) is 2.58. The predicted octanol–water partition coefficient (Wildman–Crippen LogP) is 3.75. The topological polar surface area (TPSA) is 41.1 Å². The maximum Gasteiger partial charge on any atom is 0.246 e. The van der Waals surface area contributed by atoms with E-state index in [1.807, 2.05) is 18.2 Å². The number of hydrogen-bond donors (Lipinski definition) is 2. The van der Waals surface area contributed by atoms with E-state index in [1.54, 1.807) is 0 Å². The van der Waals surface area contributed by atoms with Crippen LogP contribution in [-0.2, 0) is 4.79 Å². The highest BCUT2D eigenvalue weighted by Crippen LogP contribution is 2.34. The minimum Gasteiger partial charge on any atom is -0.324 e. The maximum atomic E-state index is 12.1. The van der Waals surface area contributed by atoms with E-state index in [1.165, 1.54) is 38.5 Å². The molecule has 2 aliphatic rings. The Labute approximate surface area is 122 Å². The Morgan fingerprint density at radius 3 is 2.63 bits per heavy atom. The minimum atomic E-state index is -0.185. The Hall–Kier alpha value is -0.870. The van der Waals surface area contributed by atoms with E-state index in [0.29, 0.717) is 6.04 Å². The lowest BCUT2D eigenvalue weighted by Gasteiger charge is -2.20. The molecule has 1 aliphatic heterocycles. The second-order valence-electron chi connectivity index (χ2n) is 5.51. The molecule has 0 spiro atoms. The van der Waals surface area contributed by atoms with Gasteiger partial charge in [0.2, 0.25) is 5.91 Å². The van der Waals surface area contributed by atoms with Gasteiger partial charge in [0.25, 0.3) is 0 Å². The fourth-order valence-corrected chi connectivity index (χ4v) is 3.46. The summed E-state index contributed by atoms with van der Waals surface area (Å²) in [4.78, 5) is 12.1. The first-order chi connectivity index (χ1) is 9.24. The number of carbonyl (C=O) groups excluding carboxylic acids is 1. The van der Waals surface area contributed by atoms with Crippen molar-refractivity contribution in [3.8, 4) is 0 Å². The van der Waals surface area contributed by atoms with Crippen molar-refractivity contribution in [1.29, 1.82) is 0 Å². The first-order valence-corrected chi connectivity index (χ1v) is 7.90. The Morgan fingerprint density at radius 2 is 1.89 bits per heavy atom. The summed E-state index contributed by atoms with van der Waals surface area (Å²) in [5.74, 6) is 0.0809. The van der Waals surface area contributed by atoms with E-state index in [2.05, 4.69) is 26.6 Å². The predicted molar refractivity (Wildman–Crippen MR) is 80.1 cm³/mol. The molecular formula is C15H19BrN2O. The van der Waals surface area contributed by atoms with E-state index in [9.17, 15) is 4.79 Å². The van der Waals surface area contributed by atoms with Crippen LogP contribution in [0.2, 0.25) is 0 Å². The number of nitrogens with one attached hydrogen (secondary N) is 2. The lowest BCUT2D eigenvalue weighted by Crippen LogP contribution is -2.36. The molecule has 19 heavy (non-hydrogen) atoms. The molecule has 0 bridgehead atoms. The number of amides is 1. The second kappa shape index (κ2) is 5.63. The average molecular weight is 323 g/mol. The number of hydrogen-bond acceptors (Lipinski definition) is 2. The largest absolute Gasteiger partial charge is 0.324 e. The van der Waals surface area contributed by atoms with E-state index in [4.69, 9.17) is 0 Å². The van der Waals surface area contributed by atoms with Gasteiger partial charge >= 0.3 is 0 Å². The van der Waals surface area contributed by atoms with Crippen molar-refractivity contribution in [3.63, 3.8) is 0 Å². The molecule has 3 rings (SSSR count). The normalized spacial score (nSPS) is 23.8. The van der Waals surface area contributed by atoms with Gasteiger partial charge in [-0.15, -0.1) is 0 Å². The lowest BCUT2D eigenvalue weighted by atomic mass is 10.0. The minimum absolute atomic E-state index is 0.0809. The van der Waals surface area contributed by atoms with Gasteiger partial charge in [0, 0.05) is 21.8 Å². The number of anilines is 1. The van der Waals surface area contributed by atoms with Crippen molar-refractivity contribution in [1.82, 2.24) is 5.32 Å². The van der Waals surface area contributed by atoms with Crippen LogP contribution in [0.25, 0.3) is 0 Å². The molecular weight excluding hydrogens is 304 g/mol. The summed E-state index contributed by atoms with van der Waals surface area (Å²) in [6.07, 6.45) is 7.59. The van der Waals surface area contributed by atoms with Crippen LogP contribution in [0.5, 0.6) is 0 Å². The summed E-state index contributed by atoms with van der Waals surface area (Å²) in [7, 11) is 0. The molecule has 1 unspecified atom stereocenters. The fourth-order valence-electron chi connectivity index (χ4n) is 3.08. The number of fused-ring (bicyclic) bond motifs is 1. The van der Waals surface area contributed by atoms with Crippen molar-refractivity contribution < 1.29 is 4.79 Å². The molecule has 0 aromatic heterocycles. The van der Waals surface area contributed by atoms with Crippen LogP contribution >= 0.6 is 15.9 Å². The van der Waals surface area contributed by atoms with Crippen LogP contribution in [0.1, 0.15) is 50.1 Å². The SMILES string of the molecule is O=C1Nc2ccc(Br)cc2C1NC1CCCCCC1. The van der Waals surface area contributed by atoms with Gasteiger partial charge in [-0.25, -0.2) is 0 Å². The molecule has 102 valence electrons.